The van der Waals surface area contributed by atoms with Crippen LogP contribution < -0.4 is 10.1 Å². The molecule has 7 heteroatoms. The predicted molar refractivity (Wildman–Crippen MR) is 77.6 cm³/mol. The molecule has 0 aliphatic carbocycles. The molecule has 0 amide bonds. The molecule has 3 nitrogen and oxygen atoms in total. The summed E-state index contributed by atoms with van der Waals surface area (Å²) in [6, 6.07) is 5.76. The lowest BCUT2D eigenvalue weighted by atomic mass is 10.2. The lowest BCUT2D eigenvalue weighted by Gasteiger charge is -2.08. The van der Waals surface area contributed by atoms with Crippen molar-refractivity contribution in [2.24, 2.45) is 5.92 Å². The number of anilines is 1. The van der Waals surface area contributed by atoms with Gasteiger partial charge in [0.1, 0.15) is 5.75 Å². The van der Waals surface area contributed by atoms with Crippen LogP contribution in [0.3, 0.4) is 0 Å². The van der Waals surface area contributed by atoms with Crippen LogP contribution in [0, 0.1) is 5.92 Å². The molecule has 1 N–H and O–H groups in total. The largest absolute Gasteiger partial charge is 0.573 e. The fourth-order valence-electron chi connectivity index (χ4n) is 1.60. The minimum atomic E-state index is -4.67. The van der Waals surface area contributed by atoms with E-state index >= 15 is 0 Å². The zero-order valence-corrected chi connectivity index (χ0v) is 12.4. The van der Waals surface area contributed by atoms with E-state index in [-0.39, 0.29) is 5.75 Å². The second-order valence-electron chi connectivity index (χ2n) is 4.88. The number of alkyl halides is 3. The third-order valence-electron chi connectivity index (χ3n) is 2.54. The van der Waals surface area contributed by atoms with Crippen molar-refractivity contribution in [1.29, 1.82) is 0 Å². The van der Waals surface area contributed by atoms with E-state index < -0.39 is 6.36 Å². The number of nitrogens with one attached hydrogen (secondary N) is 1. The van der Waals surface area contributed by atoms with E-state index in [1.54, 1.807) is 18.3 Å². The van der Waals surface area contributed by atoms with Gasteiger partial charge in [-0.25, -0.2) is 4.98 Å². The Balaban J connectivity index is 2.05. The summed E-state index contributed by atoms with van der Waals surface area (Å²) in [5, 5.41) is 4.01. The molecule has 0 aliphatic heterocycles. The van der Waals surface area contributed by atoms with Gasteiger partial charge in [0.2, 0.25) is 0 Å². The van der Waals surface area contributed by atoms with Gasteiger partial charge in [-0.3, -0.25) is 0 Å². The topological polar surface area (TPSA) is 34.2 Å². The van der Waals surface area contributed by atoms with E-state index in [1.807, 2.05) is 0 Å². The lowest BCUT2D eigenvalue weighted by Crippen LogP contribution is -2.16. The Morgan fingerprint density at radius 2 is 1.90 bits per heavy atom. The van der Waals surface area contributed by atoms with E-state index in [0.29, 0.717) is 5.92 Å². The highest BCUT2D eigenvalue weighted by molar-refractivity contribution is 7.18. The molecule has 21 heavy (non-hydrogen) atoms. The first-order valence-corrected chi connectivity index (χ1v) is 7.21. The van der Waals surface area contributed by atoms with Crippen LogP contribution in [0.1, 0.15) is 13.8 Å². The SMILES string of the molecule is CC(C)CNc1ncc(-c2ccc(OC(F)(F)F)cc2)s1. The Kier molecular flexibility index (Phi) is 4.72. The van der Waals surface area contributed by atoms with E-state index in [1.165, 1.54) is 23.5 Å². The summed E-state index contributed by atoms with van der Waals surface area (Å²) in [6.07, 6.45) is -2.97. The van der Waals surface area contributed by atoms with Crippen molar-refractivity contribution in [3.05, 3.63) is 30.5 Å². The first kappa shape index (κ1) is 15.6. The van der Waals surface area contributed by atoms with E-state index in [2.05, 4.69) is 28.9 Å². The van der Waals surface area contributed by atoms with Crippen LogP contribution in [-0.2, 0) is 0 Å². The monoisotopic (exact) mass is 316 g/mol. The molecule has 1 aromatic carbocycles. The Hall–Kier alpha value is -1.76. The molecular weight excluding hydrogens is 301 g/mol. The van der Waals surface area contributed by atoms with E-state index in [0.717, 1.165) is 22.1 Å². The zero-order chi connectivity index (χ0) is 15.5. The number of halogens is 3. The molecule has 2 aromatic rings. The van der Waals surface area contributed by atoms with Gasteiger partial charge in [0.25, 0.3) is 0 Å². The van der Waals surface area contributed by atoms with Gasteiger partial charge in [-0.05, 0) is 35.7 Å². The quantitative estimate of drug-likeness (QED) is 0.862. The van der Waals surface area contributed by atoms with Crippen molar-refractivity contribution in [3.8, 4) is 16.2 Å². The van der Waals surface area contributed by atoms with Gasteiger partial charge in [-0.2, -0.15) is 0 Å². The summed E-state index contributed by atoms with van der Waals surface area (Å²) in [7, 11) is 0. The smallest absolute Gasteiger partial charge is 0.406 e. The van der Waals surface area contributed by atoms with Gasteiger partial charge in [0, 0.05) is 12.7 Å². The van der Waals surface area contributed by atoms with Gasteiger partial charge in [0.05, 0.1) is 4.88 Å². The van der Waals surface area contributed by atoms with E-state index in [9.17, 15) is 13.2 Å². The molecule has 114 valence electrons. The summed E-state index contributed by atoms with van der Waals surface area (Å²) in [5.41, 5.74) is 0.805. The number of aromatic nitrogens is 1. The van der Waals surface area contributed by atoms with Crippen LogP contribution in [0.5, 0.6) is 5.75 Å². The van der Waals surface area contributed by atoms with Crippen molar-refractivity contribution < 1.29 is 17.9 Å². The van der Waals surface area contributed by atoms with Crippen LogP contribution in [0.25, 0.3) is 10.4 Å². The Morgan fingerprint density at radius 3 is 2.48 bits per heavy atom. The highest BCUT2D eigenvalue weighted by Gasteiger charge is 2.30. The minimum Gasteiger partial charge on any atom is -0.406 e. The maximum absolute atomic E-state index is 12.1. The van der Waals surface area contributed by atoms with Gasteiger partial charge in [0.15, 0.2) is 5.13 Å². The average molecular weight is 316 g/mol. The molecule has 2 rings (SSSR count). The number of nitrogens with zero attached hydrogens (tertiary/aromatic N) is 1. The lowest BCUT2D eigenvalue weighted by molar-refractivity contribution is -0.274. The fraction of sp³-hybridized carbons (Fsp3) is 0.357. The van der Waals surface area contributed by atoms with Crippen LogP contribution in [0.15, 0.2) is 30.5 Å². The molecule has 0 saturated heterocycles. The van der Waals surface area contributed by atoms with Crippen molar-refractivity contribution in [1.82, 2.24) is 4.98 Å². The number of hydrogen-bond acceptors (Lipinski definition) is 4. The third-order valence-corrected chi connectivity index (χ3v) is 3.54. The number of hydrogen-bond donors (Lipinski definition) is 1. The minimum absolute atomic E-state index is 0.228. The summed E-state index contributed by atoms with van der Waals surface area (Å²) in [5.74, 6) is 0.282. The van der Waals surface area contributed by atoms with Gasteiger partial charge in [-0.15, -0.1) is 13.2 Å². The molecule has 0 radical (unpaired) electrons. The molecule has 1 aromatic heterocycles. The van der Waals surface area contributed by atoms with Crippen molar-refractivity contribution in [3.63, 3.8) is 0 Å². The van der Waals surface area contributed by atoms with Crippen LogP contribution in [0.4, 0.5) is 18.3 Å². The van der Waals surface area contributed by atoms with Crippen molar-refractivity contribution in [2.75, 3.05) is 11.9 Å². The molecule has 0 spiro atoms. The van der Waals surface area contributed by atoms with Gasteiger partial charge in [-0.1, -0.05) is 25.2 Å². The Labute approximate surface area is 124 Å². The average Bonchev–Trinajstić information content (AvgIpc) is 2.84. The van der Waals surface area contributed by atoms with Crippen molar-refractivity contribution in [2.45, 2.75) is 20.2 Å². The molecule has 0 fully saturated rings. The molecule has 1 heterocycles. The van der Waals surface area contributed by atoms with Gasteiger partial charge >= 0.3 is 6.36 Å². The fourth-order valence-corrected chi connectivity index (χ4v) is 2.43. The normalized spacial score (nSPS) is 11.7. The second-order valence-corrected chi connectivity index (χ2v) is 5.91. The molecule has 0 aliphatic rings. The predicted octanol–water partition coefficient (Wildman–Crippen LogP) is 4.78. The Morgan fingerprint density at radius 1 is 1.24 bits per heavy atom. The second kappa shape index (κ2) is 6.34. The van der Waals surface area contributed by atoms with Crippen molar-refractivity contribution >= 4 is 16.5 Å². The summed E-state index contributed by atoms with van der Waals surface area (Å²) in [4.78, 5) is 5.13. The number of ether oxygens (including phenoxy) is 1. The highest BCUT2D eigenvalue weighted by Crippen LogP contribution is 2.31. The summed E-state index contributed by atoms with van der Waals surface area (Å²) >= 11 is 1.46. The van der Waals surface area contributed by atoms with Crippen LogP contribution >= 0.6 is 11.3 Å². The number of benzene rings is 1. The molecule has 0 unspecified atom stereocenters. The number of rotatable bonds is 5. The van der Waals surface area contributed by atoms with E-state index in [4.69, 9.17) is 0 Å². The molecule has 0 atom stereocenters. The highest BCUT2D eigenvalue weighted by atomic mass is 32.1. The first-order valence-electron chi connectivity index (χ1n) is 6.39. The summed E-state index contributed by atoms with van der Waals surface area (Å²) < 4.78 is 40.1. The first-order chi connectivity index (χ1) is 9.83. The standard InChI is InChI=1S/C14H15F3N2OS/c1-9(2)7-18-13-19-8-12(21-13)10-3-5-11(6-4-10)20-14(15,16)17/h3-6,8-9H,7H2,1-2H3,(H,18,19). The van der Waals surface area contributed by atoms with Crippen LogP contribution in [0.2, 0.25) is 0 Å². The molecule has 0 saturated carbocycles. The van der Waals surface area contributed by atoms with Crippen LogP contribution in [-0.4, -0.2) is 17.9 Å². The van der Waals surface area contributed by atoms with Gasteiger partial charge < -0.3 is 10.1 Å². The zero-order valence-electron chi connectivity index (χ0n) is 11.6. The maximum Gasteiger partial charge on any atom is 0.573 e. The Bertz CT molecular complexity index is 579. The molecule has 0 bridgehead atoms. The molecular formula is C14H15F3N2OS. The number of thiazole rings is 1. The third kappa shape index (κ3) is 4.93. The maximum atomic E-state index is 12.1. The summed E-state index contributed by atoms with van der Waals surface area (Å²) in [6.45, 7) is 5.02.